The van der Waals surface area contributed by atoms with Crippen LogP contribution >= 0.6 is 11.6 Å². The van der Waals surface area contributed by atoms with E-state index in [2.05, 4.69) is 0 Å². The van der Waals surface area contributed by atoms with Crippen molar-refractivity contribution in [2.45, 2.75) is 18.4 Å². The molecule has 2 heterocycles. The van der Waals surface area contributed by atoms with Crippen molar-refractivity contribution in [2.75, 3.05) is 13.1 Å². The minimum atomic E-state index is -1.68. The van der Waals surface area contributed by atoms with Gasteiger partial charge in [-0.15, -0.1) is 0 Å². The molecule has 1 atom stereocenters. The number of halogens is 1. The van der Waals surface area contributed by atoms with E-state index in [1.54, 1.807) is 24.3 Å². The van der Waals surface area contributed by atoms with Crippen LogP contribution in [0.1, 0.15) is 23.4 Å². The number of nitrogens with zero attached hydrogens (tertiary/aromatic N) is 1. The number of fused-ring (bicyclic) bond motifs is 1. The molecule has 1 aliphatic heterocycles. The number of nitrogens with two attached hydrogens (primary N) is 1. The number of β-amino-alcohol motifs (C(OH)–C–C–N with tert-alkyl or cyclic N) is 1. The smallest absolute Gasteiger partial charge is 0.289 e. The number of piperidine rings is 1. The lowest BCUT2D eigenvalue weighted by atomic mass is 9.92. The Bertz CT molecular complexity index is 757. The molecule has 0 aliphatic carbocycles. The second-order valence-electron chi connectivity index (χ2n) is 5.52. The van der Waals surface area contributed by atoms with Crippen LogP contribution in [0.2, 0.25) is 5.02 Å². The molecule has 22 heavy (non-hydrogen) atoms. The van der Waals surface area contributed by atoms with Gasteiger partial charge in [0.15, 0.2) is 11.4 Å². The van der Waals surface area contributed by atoms with Crippen LogP contribution in [0.5, 0.6) is 0 Å². The molecule has 0 bridgehead atoms. The standard InChI is InChI=1S/C15H15ClN2O4/c16-10-2-3-11-9(6-10)7-12(22-11)13(19)18-5-1-4-15(21,8-18)14(17)20/h2-3,6-7,21H,1,4-5,8H2,(H2,17,20)/t15-/m1/s1. The molecule has 1 fully saturated rings. The monoisotopic (exact) mass is 322 g/mol. The fraction of sp³-hybridized carbons (Fsp3) is 0.333. The maximum atomic E-state index is 12.5. The van der Waals surface area contributed by atoms with Crippen molar-refractivity contribution in [1.29, 1.82) is 0 Å². The lowest BCUT2D eigenvalue weighted by Gasteiger charge is -2.36. The number of likely N-dealkylation sites (tertiary alicyclic amines) is 1. The van der Waals surface area contributed by atoms with Crippen LogP contribution in [-0.4, -0.2) is 40.5 Å². The van der Waals surface area contributed by atoms with Gasteiger partial charge < -0.3 is 20.2 Å². The summed E-state index contributed by atoms with van der Waals surface area (Å²) in [6, 6.07) is 6.66. The number of amides is 2. The number of furan rings is 1. The molecule has 1 aromatic carbocycles. The third kappa shape index (κ3) is 2.55. The highest BCUT2D eigenvalue weighted by molar-refractivity contribution is 6.31. The Balaban J connectivity index is 1.87. The van der Waals surface area contributed by atoms with E-state index in [1.165, 1.54) is 4.90 Å². The molecule has 1 aromatic heterocycles. The number of benzene rings is 1. The molecule has 0 spiro atoms. The molecule has 1 aliphatic rings. The second kappa shape index (κ2) is 5.30. The van der Waals surface area contributed by atoms with Crippen molar-refractivity contribution in [3.8, 4) is 0 Å². The van der Waals surface area contributed by atoms with Gasteiger partial charge in [0.1, 0.15) is 5.58 Å². The molecule has 2 amide bonds. The average molecular weight is 323 g/mol. The van der Waals surface area contributed by atoms with E-state index in [-0.39, 0.29) is 24.6 Å². The van der Waals surface area contributed by atoms with Gasteiger partial charge in [0, 0.05) is 17.0 Å². The number of hydrogen-bond donors (Lipinski definition) is 2. The molecule has 0 saturated carbocycles. The molecule has 3 N–H and O–H groups in total. The van der Waals surface area contributed by atoms with Gasteiger partial charge in [0.05, 0.1) is 6.54 Å². The quantitative estimate of drug-likeness (QED) is 0.876. The van der Waals surface area contributed by atoms with Crippen molar-refractivity contribution < 1.29 is 19.1 Å². The van der Waals surface area contributed by atoms with Crippen LogP contribution in [0.4, 0.5) is 0 Å². The summed E-state index contributed by atoms with van der Waals surface area (Å²) >= 11 is 5.91. The van der Waals surface area contributed by atoms with Gasteiger partial charge >= 0.3 is 0 Å². The molecule has 116 valence electrons. The lowest BCUT2D eigenvalue weighted by molar-refractivity contribution is -0.140. The van der Waals surface area contributed by atoms with E-state index < -0.39 is 11.5 Å². The SMILES string of the molecule is NC(=O)[C@@]1(O)CCCN(C(=O)c2cc3cc(Cl)ccc3o2)C1. The van der Waals surface area contributed by atoms with E-state index in [1.807, 2.05) is 0 Å². The van der Waals surface area contributed by atoms with Gasteiger partial charge in [-0.25, -0.2) is 0 Å². The minimum Gasteiger partial charge on any atom is -0.451 e. The molecule has 7 heteroatoms. The first kappa shape index (κ1) is 14.9. The van der Waals surface area contributed by atoms with Crippen molar-refractivity contribution in [3.63, 3.8) is 0 Å². The first-order valence-electron chi connectivity index (χ1n) is 6.90. The summed E-state index contributed by atoms with van der Waals surface area (Å²) in [5.41, 5.74) is 4.09. The summed E-state index contributed by atoms with van der Waals surface area (Å²) in [5, 5.41) is 11.4. The number of aliphatic hydroxyl groups is 1. The molecule has 6 nitrogen and oxygen atoms in total. The summed E-state index contributed by atoms with van der Waals surface area (Å²) in [6.07, 6.45) is 0.749. The zero-order chi connectivity index (χ0) is 15.9. The first-order chi connectivity index (χ1) is 10.4. The van der Waals surface area contributed by atoms with Gasteiger partial charge in [0.2, 0.25) is 0 Å². The van der Waals surface area contributed by atoms with Gasteiger partial charge in [0.25, 0.3) is 11.8 Å². The fourth-order valence-corrected chi connectivity index (χ4v) is 2.87. The van der Waals surface area contributed by atoms with Crippen LogP contribution in [0.25, 0.3) is 11.0 Å². The highest BCUT2D eigenvalue weighted by atomic mass is 35.5. The first-order valence-corrected chi connectivity index (χ1v) is 7.27. The Hall–Kier alpha value is -2.05. The number of hydrogen-bond acceptors (Lipinski definition) is 4. The molecule has 0 unspecified atom stereocenters. The molecule has 3 rings (SSSR count). The maximum Gasteiger partial charge on any atom is 0.289 e. The van der Waals surface area contributed by atoms with Crippen LogP contribution in [-0.2, 0) is 4.79 Å². The summed E-state index contributed by atoms with van der Waals surface area (Å²) in [6.45, 7) is 0.311. The van der Waals surface area contributed by atoms with Gasteiger partial charge in [-0.3, -0.25) is 9.59 Å². The lowest BCUT2D eigenvalue weighted by Crippen LogP contribution is -2.57. The average Bonchev–Trinajstić information content (AvgIpc) is 2.89. The number of carbonyl (C=O) groups excluding carboxylic acids is 2. The van der Waals surface area contributed by atoms with Crippen molar-refractivity contribution in [1.82, 2.24) is 4.90 Å². The van der Waals surface area contributed by atoms with Crippen LogP contribution in [0.3, 0.4) is 0 Å². The van der Waals surface area contributed by atoms with E-state index in [4.69, 9.17) is 21.8 Å². The maximum absolute atomic E-state index is 12.5. The van der Waals surface area contributed by atoms with E-state index in [0.717, 1.165) is 5.39 Å². The van der Waals surface area contributed by atoms with E-state index >= 15 is 0 Å². The number of primary amides is 1. The zero-order valence-electron chi connectivity index (χ0n) is 11.7. The summed E-state index contributed by atoms with van der Waals surface area (Å²) in [5.74, 6) is -1.06. The van der Waals surface area contributed by atoms with Crippen LogP contribution in [0, 0.1) is 0 Å². The zero-order valence-corrected chi connectivity index (χ0v) is 12.5. The Morgan fingerprint density at radius 3 is 2.86 bits per heavy atom. The van der Waals surface area contributed by atoms with Crippen LogP contribution < -0.4 is 5.73 Å². The molecule has 0 radical (unpaired) electrons. The Labute approximate surface area is 131 Å². The molecular formula is C15H15ClN2O4. The topological polar surface area (TPSA) is 96.8 Å². The van der Waals surface area contributed by atoms with Gasteiger partial charge in [-0.1, -0.05) is 11.6 Å². The molecule has 2 aromatic rings. The Morgan fingerprint density at radius 2 is 2.14 bits per heavy atom. The highest BCUT2D eigenvalue weighted by Gasteiger charge is 2.40. The van der Waals surface area contributed by atoms with Gasteiger partial charge in [-0.2, -0.15) is 0 Å². The Kier molecular flexibility index (Phi) is 3.58. The number of carbonyl (C=O) groups is 2. The molecular weight excluding hydrogens is 308 g/mol. The summed E-state index contributed by atoms with van der Waals surface area (Å²) in [4.78, 5) is 25.2. The summed E-state index contributed by atoms with van der Waals surface area (Å²) in [7, 11) is 0. The normalized spacial score (nSPS) is 22.0. The largest absolute Gasteiger partial charge is 0.451 e. The predicted molar refractivity (Wildman–Crippen MR) is 80.5 cm³/mol. The van der Waals surface area contributed by atoms with Crippen molar-refractivity contribution in [3.05, 3.63) is 35.0 Å². The van der Waals surface area contributed by atoms with E-state index in [0.29, 0.717) is 23.6 Å². The number of rotatable bonds is 2. The highest BCUT2D eigenvalue weighted by Crippen LogP contribution is 2.26. The molecule has 1 saturated heterocycles. The van der Waals surface area contributed by atoms with E-state index in [9.17, 15) is 14.7 Å². The third-order valence-corrected chi connectivity index (χ3v) is 4.14. The Morgan fingerprint density at radius 1 is 1.36 bits per heavy atom. The minimum absolute atomic E-state index is 0.126. The van der Waals surface area contributed by atoms with Crippen molar-refractivity contribution in [2.24, 2.45) is 5.73 Å². The summed E-state index contributed by atoms with van der Waals surface area (Å²) < 4.78 is 5.52. The second-order valence-corrected chi connectivity index (χ2v) is 5.96. The predicted octanol–water partition coefficient (Wildman–Crippen LogP) is 1.54. The van der Waals surface area contributed by atoms with Gasteiger partial charge in [-0.05, 0) is 37.1 Å². The fourth-order valence-electron chi connectivity index (χ4n) is 2.69. The third-order valence-electron chi connectivity index (χ3n) is 3.91. The van der Waals surface area contributed by atoms with Crippen LogP contribution in [0.15, 0.2) is 28.7 Å². The van der Waals surface area contributed by atoms with Crippen molar-refractivity contribution >= 4 is 34.4 Å².